The Labute approximate surface area is 116 Å². The van der Waals surface area contributed by atoms with Crippen molar-refractivity contribution in [2.45, 2.75) is 89.9 Å². The van der Waals surface area contributed by atoms with E-state index in [0.717, 1.165) is 44.4 Å². The summed E-state index contributed by atoms with van der Waals surface area (Å²) in [6, 6.07) is 0. The predicted molar refractivity (Wildman–Crippen MR) is 74.6 cm³/mol. The quantitative estimate of drug-likeness (QED) is 0.537. The largest absolute Gasteiger partial charge is 0.244 e. The Hall–Kier alpha value is -0.140. The van der Waals surface area contributed by atoms with E-state index in [9.17, 15) is 8.78 Å². The lowest BCUT2D eigenvalue weighted by Gasteiger charge is -2.52. The summed E-state index contributed by atoms with van der Waals surface area (Å²) in [7, 11) is 0. The molecule has 0 aromatic heterocycles. The van der Waals surface area contributed by atoms with Gasteiger partial charge in [0.2, 0.25) is 0 Å². The molecule has 2 heteroatoms. The molecule has 2 atom stereocenters. The van der Waals surface area contributed by atoms with Crippen molar-refractivity contribution in [2.24, 2.45) is 16.7 Å². The highest BCUT2D eigenvalue weighted by Crippen LogP contribution is 2.58. The van der Waals surface area contributed by atoms with E-state index in [1.54, 1.807) is 0 Å². The monoisotopic (exact) mass is 270 g/mol. The fraction of sp³-hybridized carbons (Fsp3) is 1.00. The number of halogens is 2. The molecule has 2 spiro atoms. The van der Waals surface area contributed by atoms with Crippen LogP contribution < -0.4 is 0 Å². The van der Waals surface area contributed by atoms with Crippen LogP contribution in [0.2, 0.25) is 0 Å². The third-order valence-electron chi connectivity index (χ3n) is 6.70. The van der Waals surface area contributed by atoms with Crippen LogP contribution in [0, 0.1) is 16.7 Å². The van der Waals surface area contributed by atoms with Crippen molar-refractivity contribution in [3.8, 4) is 0 Å². The SMILES string of the molecule is CC1CCC2(CC1)CCC1(CCCC(F)C1F)CC2. The lowest BCUT2D eigenvalue weighted by Crippen LogP contribution is -2.47. The molecule has 0 aromatic carbocycles. The Morgan fingerprint density at radius 2 is 1.42 bits per heavy atom. The highest BCUT2D eigenvalue weighted by atomic mass is 19.2. The van der Waals surface area contributed by atoms with Gasteiger partial charge >= 0.3 is 0 Å². The third-order valence-corrected chi connectivity index (χ3v) is 6.70. The average Bonchev–Trinajstić information content (AvgIpc) is 2.43. The van der Waals surface area contributed by atoms with E-state index in [0.29, 0.717) is 11.8 Å². The van der Waals surface area contributed by atoms with Crippen LogP contribution in [0.1, 0.15) is 77.6 Å². The fourth-order valence-electron chi connectivity index (χ4n) is 5.00. The van der Waals surface area contributed by atoms with Gasteiger partial charge in [0, 0.05) is 5.41 Å². The zero-order chi connectivity index (χ0) is 13.5. The Kier molecular flexibility index (Phi) is 3.64. The van der Waals surface area contributed by atoms with E-state index in [-0.39, 0.29) is 5.41 Å². The second-order valence-electron chi connectivity index (χ2n) is 7.85. The maximum atomic E-state index is 14.4. The lowest BCUT2D eigenvalue weighted by molar-refractivity contribution is -0.0665. The molecular weight excluding hydrogens is 242 g/mol. The molecule has 0 nitrogen and oxygen atoms in total. The van der Waals surface area contributed by atoms with Gasteiger partial charge in [-0.2, -0.15) is 0 Å². The van der Waals surface area contributed by atoms with E-state index in [2.05, 4.69) is 6.92 Å². The predicted octanol–water partition coefficient (Wildman–Crippen LogP) is 5.60. The summed E-state index contributed by atoms with van der Waals surface area (Å²) in [6.07, 6.45) is 9.48. The molecule has 0 amide bonds. The average molecular weight is 270 g/mol. The van der Waals surface area contributed by atoms with Crippen LogP contribution in [0.15, 0.2) is 0 Å². The van der Waals surface area contributed by atoms with Crippen molar-refractivity contribution in [1.82, 2.24) is 0 Å². The van der Waals surface area contributed by atoms with Gasteiger partial charge in [0.05, 0.1) is 0 Å². The smallest absolute Gasteiger partial charge is 0.137 e. The van der Waals surface area contributed by atoms with Gasteiger partial charge in [-0.25, -0.2) is 8.78 Å². The molecule has 3 aliphatic rings. The maximum absolute atomic E-state index is 14.4. The van der Waals surface area contributed by atoms with Crippen molar-refractivity contribution < 1.29 is 8.78 Å². The first-order valence-electron chi connectivity index (χ1n) is 8.34. The molecule has 0 aromatic rings. The fourth-order valence-corrected chi connectivity index (χ4v) is 5.00. The molecular formula is C17H28F2. The van der Waals surface area contributed by atoms with Crippen molar-refractivity contribution in [3.63, 3.8) is 0 Å². The minimum absolute atomic E-state index is 0.286. The Balaban J connectivity index is 1.65. The third kappa shape index (κ3) is 2.45. The molecule has 110 valence electrons. The van der Waals surface area contributed by atoms with Gasteiger partial charge in [0.15, 0.2) is 0 Å². The number of hydrogen-bond acceptors (Lipinski definition) is 0. The Bertz CT molecular complexity index is 307. The first kappa shape index (κ1) is 13.8. The van der Waals surface area contributed by atoms with Gasteiger partial charge < -0.3 is 0 Å². The molecule has 0 radical (unpaired) electrons. The van der Waals surface area contributed by atoms with E-state index in [4.69, 9.17) is 0 Å². The maximum Gasteiger partial charge on any atom is 0.137 e. The summed E-state index contributed by atoms with van der Waals surface area (Å²) in [5.41, 5.74) is 0.215. The summed E-state index contributed by atoms with van der Waals surface area (Å²) in [4.78, 5) is 0. The summed E-state index contributed by atoms with van der Waals surface area (Å²) in [6.45, 7) is 2.35. The van der Waals surface area contributed by atoms with Crippen molar-refractivity contribution >= 4 is 0 Å². The second kappa shape index (κ2) is 5.00. The zero-order valence-electron chi connectivity index (χ0n) is 12.3. The van der Waals surface area contributed by atoms with Crippen LogP contribution in [0.3, 0.4) is 0 Å². The van der Waals surface area contributed by atoms with Gasteiger partial charge in [-0.15, -0.1) is 0 Å². The van der Waals surface area contributed by atoms with E-state index < -0.39 is 12.3 Å². The first-order chi connectivity index (χ1) is 9.05. The topological polar surface area (TPSA) is 0 Å². The standard InChI is InChI=1S/C17H28F2/c1-13-4-7-16(8-5-13)9-11-17(12-10-16)6-2-3-14(18)15(17)19/h13-15H,2-12H2,1H3. The summed E-state index contributed by atoms with van der Waals surface area (Å²) >= 11 is 0. The minimum Gasteiger partial charge on any atom is -0.244 e. The lowest BCUT2D eigenvalue weighted by atomic mass is 9.54. The summed E-state index contributed by atoms with van der Waals surface area (Å²) in [5.74, 6) is 0.875. The normalized spacial score (nSPS) is 51.6. The van der Waals surface area contributed by atoms with Crippen molar-refractivity contribution in [3.05, 3.63) is 0 Å². The molecule has 0 saturated heterocycles. The number of rotatable bonds is 0. The van der Waals surface area contributed by atoms with Crippen LogP contribution in [0.4, 0.5) is 8.78 Å². The van der Waals surface area contributed by atoms with Gasteiger partial charge in [0.25, 0.3) is 0 Å². The number of alkyl halides is 2. The van der Waals surface area contributed by atoms with Gasteiger partial charge in [-0.3, -0.25) is 0 Å². The Morgan fingerprint density at radius 3 is 2.05 bits per heavy atom. The molecule has 0 bridgehead atoms. The molecule has 0 N–H and O–H groups in total. The van der Waals surface area contributed by atoms with Gasteiger partial charge in [-0.1, -0.05) is 19.8 Å². The van der Waals surface area contributed by atoms with Crippen LogP contribution in [0.25, 0.3) is 0 Å². The van der Waals surface area contributed by atoms with Gasteiger partial charge in [0.1, 0.15) is 12.3 Å². The molecule has 3 aliphatic carbocycles. The highest BCUT2D eigenvalue weighted by molar-refractivity contribution is 5.01. The summed E-state index contributed by atoms with van der Waals surface area (Å²) < 4.78 is 28.1. The van der Waals surface area contributed by atoms with Crippen LogP contribution in [-0.2, 0) is 0 Å². The van der Waals surface area contributed by atoms with Gasteiger partial charge in [-0.05, 0) is 69.1 Å². The van der Waals surface area contributed by atoms with E-state index in [1.807, 2.05) is 0 Å². The molecule has 2 unspecified atom stereocenters. The van der Waals surface area contributed by atoms with E-state index in [1.165, 1.54) is 25.7 Å². The highest BCUT2D eigenvalue weighted by Gasteiger charge is 2.51. The molecule has 3 rings (SSSR count). The van der Waals surface area contributed by atoms with Crippen LogP contribution in [-0.4, -0.2) is 12.3 Å². The second-order valence-corrected chi connectivity index (χ2v) is 7.85. The molecule has 3 saturated carbocycles. The zero-order valence-corrected chi connectivity index (χ0v) is 12.3. The molecule has 0 heterocycles. The van der Waals surface area contributed by atoms with Crippen molar-refractivity contribution in [1.29, 1.82) is 0 Å². The molecule has 19 heavy (non-hydrogen) atoms. The number of hydrogen-bond donors (Lipinski definition) is 0. The molecule has 0 aliphatic heterocycles. The van der Waals surface area contributed by atoms with Crippen molar-refractivity contribution in [2.75, 3.05) is 0 Å². The molecule has 3 fully saturated rings. The first-order valence-corrected chi connectivity index (χ1v) is 8.34. The Morgan fingerprint density at radius 1 is 0.789 bits per heavy atom. The minimum atomic E-state index is -1.19. The van der Waals surface area contributed by atoms with Crippen LogP contribution in [0.5, 0.6) is 0 Å². The van der Waals surface area contributed by atoms with Crippen LogP contribution >= 0.6 is 0 Å². The van der Waals surface area contributed by atoms with E-state index >= 15 is 0 Å². The summed E-state index contributed by atoms with van der Waals surface area (Å²) in [5, 5.41) is 0.